The standard InChI is InChI=1S/C24H32N4O2/c29-23(27-19-9-10-20(27)14-25-13-19)17-8-11-21-22(12-17)26(15-16-6-7-16)24(30)28(21)18-4-2-1-3-5-18/h8,11-12,16,18-20,25H,1-7,9-10,13-15H2. The molecule has 0 spiro atoms. The van der Waals surface area contributed by atoms with E-state index in [9.17, 15) is 9.59 Å². The second-order valence-electron chi connectivity index (χ2n) is 9.96. The number of piperazine rings is 1. The maximum Gasteiger partial charge on any atom is 0.329 e. The van der Waals surface area contributed by atoms with Gasteiger partial charge < -0.3 is 10.2 Å². The highest BCUT2D eigenvalue weighted by Gasteiger charge is 2.40. The molecule has 2 saturated carbocycles. The van der Waals surface area contributed by atoms with Gasteiger partial charge in [-0.3, -0.25) is 13.9 Å². The largest absolute Gasteiger partial charge is 0.330 e. The normalized spacial score (nSPS) is 27.1. The molecule has 160 valence electrons. The highest BCUT2D eigenvalue weighted by atomic mass is 16.2. The van der Waals surface area contributed by atoms with Gasteiger partial charge in [-0.05, 0) is 62.6 Å². The monoisotopic (exact) mass is 408 g/mol. The van der Waals surface area contributed by atoms with Crippen LogP contribution >= 0.6 is 0 Å². The van der Waals surface area contributed by atoms with E-state index in [0.29, 0.717) is 24.0 Å². The fraction of sp³-hybridized carbons (Fsp3) is 0.667. The summed E-state index contributed by atoms with van der Waals surface area (Å²) in [6.07, 6.45) is 10.5. The molecule has 1 N–H and O–H groups in total. The predicted octanol–water partition coefficient (Wildman–Crippen LogP) is 3.29. The first-order valence-electron chi connectivity index (χ1n) is 12.0. The van der Waals surface area contributed by atoms with E-state index in [2.05, 4.69) is 14.8 Å². The summed E-state index contributed by atoms with van der Waals surface area (Å²) in [6, 6.07) is 6.96. The molecular formula is C24H32N4O2. The van der Waals surface area contributed by atoms with Gasteiger partial charge in [0, 0.05) is 43.3 Å². The number of carbonyl (C=O) groups is 1. The Kier molecular flexibility index (Phi) is 4.52. The highest BCUT2D eigenvalue weighted by molar-refractivity contribution is 5.98. The van der Waals surface area contributed by atoms with Crippen LogP contribution in [-0.2, 0) is 6.54 Å². The van der Waals surface area contributed by atoms with E-state index >= 15 is 0 Å². The van der Waals surface area contributed by atoms with Gasteiger partial charge in [0.15, 0.2) is 0 Å². The Bertz CT molecular complexity index is 1010. The zero-order chi connectivity index (χ0) is 20.2. The number of hydrogen-bond donors (Lipinski definition) is 1. The second-order valence-corrected chi connectivity index (χ2v) is 9.96. The topological polar surface area (TPSA) is 59.3 Å². The van der Waals surface area contributed by atoms with Gasteiger partial charge in [-0.1, -0.05) is 19.3 Å². The summed E-state index contributed by atoms with van der Waals surface area (Å²) >= 11 is 0. The first-order chi connectivity index (χ1) is 14.7. The van der Waals surface area contributed by atoms with E-state index in [1.807, 2.05) is 22.8 Å². The van der Waals surface area contributed by atoms with Gasteiger partial charge in [0.2, 0.25) is 0 Å². The summed E-state index contributed by atoms with van der Waals surface area (Å²) < 4.78 is 4.03. The number of nitrogens with zero attached hydrogens (tertiary/aromatic N) is 3. The van der Waals surface area contributed by atoms with E-state index in [1.165, 1.54) is 32.1 Å². The van der Waals surface area contributed by atoms with E-state index < -0.39 is 0 Å². The minimum atomic E-state index is 0.135. The Labute approximate surface area is 177 Å². The molecule has 2 saturated heterocycles. The molecule has 6 nitrogen and oxygen atoms in total. The van der Waals surface area contributed by atoms with Crippen molar-refractivity contribution in [2.75, 3.05) is 13.1 Å². The zero-order valence-corrected chi connectivity index (χ0v) is 17.7. The summed E-state index contributed by atoms with van der Waals surface area (Å²) in [4.78, 5) is 29.0. The van der Waals surface area contributed by atoms with Gasteiger partial charge in [0.05, 0.1) is 11.0 Å². The molecule has 2 aliphatic carbocycles. The van der Waals surface area contributed by atoms with Crippen molar-refractivity contribution in [3.8, 4) is 0 Å². The van der Waals surface area contributed by atoms with Crippen LogP contribution in [0.4, 0.5) is 0 Å². The van der Waals surface area contributed by atoms with Crippen LogP contribution in [0, 0.1) is 5.92 Å². The Morgan fingerprint density at radius 1 is 0.900 bits per heavy atom. The average Bonchev–Trinajstić information content (AvgIpc) is 3.51. The van der Waals surface area contributed by atoms with Gasteiger partial charge in [-0.2, -0.15) is 0 Å². The molecule has 4 aliphatic rings. The molecule has 4 fully saturated rings. The van der Waals surface area contributed by atoms with Crippen molar-refractivity contribution in [1.29, 1.82) is 0 Å². The van der Waals surface area contributed by atoms with Crippen molar-refractivity contribution in [2.45, 2.75) is 82.5 Å². The Hall–Kier alpha value is -2.08. The third-order valence-corrected chi connectivity index (χ3v) is 7.90. The summed E-state index contributed by atoms with van der Waals surface area (Å²) in [7, 11) is 0. The third-order valence-electron chi connectivity index (χ3n) is 7.90. The number of imidazole rings is 1. The quantitative estimate of drug-likeness (QED) is 0.845. The molecule has 2 atom stereocenters. The van der Waals surface area contributed by atoms with E-state index in [-0.39, 0.29) is 11.6 Å². The molecule has 3 heterocycles. The van der Waals surface area contributed by atoms with Crippen LogP contribution in [0.3, 0.4) is 0 Å². The maximum atomic E-state index is 13.5. The lowest BCUT2D eigenvalue weighted by Gasteiger charge is -2.35. The van der Waals surface area contributed by atoms with E-state index in [0.717, 1.165) is 61.9 Å². The first-order valence-corrected chi connectivity index (χ1v) is 12.0. The van der Waals surface area contributed by atoms with Crippen molar-refractivity contribution >= 4 is 16.9 Å². The van der Waals surface area contributed by atoms with Crippen molar-refractivity contribution in [3.63, 3.8) is 0 Å². The molecule has 1 amide bonds. The SMILES string of the molecule is O=C(c1ccc2c(c1)n(CC1CC1)c(=O)n2C1CCCCC1)N1C2CCC1CNC2. The zero-order valence-electron chi connectivity index (χ0n) is 17.7. The van der Waals surface area contributed by atoms with Crippen molar-refractivity contribution in [1.82, 2.24) is 19.4 Å². The fourth-order valence-corrected chi connectivity index (χ4v) is 6.10. The van der Waals surface area contributed by atoms with E-state index in [1.54, 1.807) is 0 Å². The summed E-state index contributed by atoms with van der Waals surface area (Å²) in [5, 5.41) is 3.45. The number of fused-ring (bicyclic) bond motifs is 3. The molecule has 2 unspecified atom stereocenters. The Morgan fingerprint density at radius 3 is 2.33 bits per heavy atom. The molecule has 6 rings (SSSR count). The molecule has 0 radical (unpaired) electrons. The van der Waals surface area contributed by atoms with Crippen LogP contribution in [0.25, 0.3) is 11.0 Å². The summed E-state index contributed by atoms with van der Waals surface area (Å²) in [5.74, 6) is 0.762. The second kappa shape index (κ2) is 7.26. The minimum absolute atomic E-state index is 0.135. The van der Waals surface area contributed by atoms with Crippen LogP contribution in [0.5, 0.6) is 0 Å². The molecule has 2 bridgehead atoms. The van der Waals surface area contributed by atoms with Crippen LogP contribution < -0.4 is 11.0 Å². The molecular weight excluding hydrogens is 376 g/mol. The molecule has 2 aromatic rings. The number of rotatable bonds is 4. The first kappa shape index (κ1) is 18.7. The van der Waals surface area contributed by atoms with Crippen molar-refractivity contribution in [3.05, 3.63) is 34.2 Å². The van der Waals surface area contributed by atoms with Gasteiger partial charge in [0.1, 0.15) is 0 Å². The molecule has 2 aliphatic heterocycles. The number of nitrogens with one attached hydrogen (secondary N) is 1. The highest BCUT2D eigenvalue weighted by Crippen LogP contribution is 2.34. The molecule has 30 heavy (non-hydrogen) atoms. The smallest absolute Gasteiger partial charge is 0.329 e. The maximum absolute atomic E-state index is 13.5. The van der Waals surface area contributed by atoms with Crippen molar-refractivity contribution < 1.29 is 4.79 Å². The average molecular weight is 409 g/mol. The van der Waals surface area contributed by atoms with Gasteiger partial charge in [-0.15, -0.1) is 0 Å². The summed E-state index contributed by atoms with van der Waals surface area (Å²) in [6.45, 7) is 2.59. The van der Waals surface area contributed by atoms with Crippen LogP contribution in [0.15, 0.2) is 23.0 Å². The van der Waals surface area contributed by atoms with E-state index in [4.69, 9.17) is 0 Å². The number of benzene rings is 1. The number of hydrogen-bond acceptors (Lipinski definition) is 3. The lowest BCUT2D eigenvalue weighted by Crippen LogP contribution is -2.54. The lowest BCUT2D eigenvalue weighted by molar-refractivity contribution is 0.0619. The number of carbonyl (C=O) groups excluding carboxylic acids is 1. The Balaban J connectivity index is 1.42. The van der Waals surface area contributed by atoms with Crippen molar-refractivity contribution in [2.24, 2.45) is 5.92 Å². The van der Waals surface area contributed by atoms with Crippen LogP contribution in [0.1, 0.15) is 74.2 Å². The fourth-order valence-electron chi connectivity index (χ4n) is 6.10. The molecule has 1 aromatic heterocycles. The predicted molar refractivity (Wildman–Crippen MR) is 117 cm³/mol. The number of aromatic nitrogens is 2. The number of amides is 1. The molecule has 6 heteroatoms. The van der Waals surface area contributed by atoms with Crippen LogP contribution in [0.2, 0.25) is 0 Å². The van der Waals surface area contributed by atoms with Crippen LogP contribution in [-0.4, -0.2) is 45.1 Å². The van der Waals surface area contributed by atoms with Gasteiger partial charge >= 0.3 is 5.69 Å². The third kappa shape index (κ3) is 3.03. The minimum Gasteiger partial charge on any atom is -0.330 e. The van der Waals surface area contributed by atoms with Gasteiger partial charge in [-0.25, -0.2) is 4.79 Å². The Morgan fingerprint density at radius 2 is 1.63 bits per heavy atom. The molecule has 1 aromatic carbocycles. The lowest BCUT2D eigenvalue weighted by atomic mass is 9.95. The van der Waals surface area contributed by atoms with Gasteiger partial charge in [0.25, 0.3) is 5.91 Å². The summed E-state index contributed by atoms with van der Waals surface area (Å²) in [5.41, 5.74) is 2.86.